The molecule has 0 saturated carbocycles. The topological polar surface area (TPSA) is 108 Å². The molecule has 1 aliphatic heterocycles. The van der Waals surface area contributed by atoms with Crippen molar-refractivity contribution in [2.75, 3.05) is 23.7 Å². The first kappa shape index (κ1) is 12.6. The number of fused-ring (bicyclic) bond motifs is 1. The van der Waals surface area contributed by atoms with E-state index in [9.17, 15) is 4.79 Å². The molecule has 0 aliphatic carbocycles. The number of H-pyrrole nitrogens is 1. The van der Waals surface area contributed by atoms with Crippen LogP contribution in [0.2, 0.25) is 0 Å². The van der Waals surface area contributed by atoms with Crippen molar-refractivity contribution in [1.82, 2.24) is 25.3 Å². The zero-order chi connectivity index (χ0) is 13.9. The SMILES string of the molecule is CCNc1nc(NC2CCCNC2=O)c2[nH]cnc2n1. The molecule has 20 heavy (non-hydrogen) atoms. The number of aromatic nitrogens is 4. The highest BCUT2D eigenvalue weighted by molar-refractivity contribution is 5.89. The van der Waals surface area contributed by atoms with Crippen molar-refractivity contribution in [3.05, 3.63) is 6.33 Å². The Labute approximate surface area is 115 Å². The van der Waals surface area contributed by atoms with Gasteiger partial charge in [0.2, 0.25) is 11.9 Å². The van der Waals surface area contributed by atoms with Crippen LogP contribution in [0.1, 0.15) is 19.8 Å². The zero-order valence-electron chi connectivity index (χ0n) is 11.2. The predicted octanol–water partition coefficient (Wildman–Crippen LogP) is 0.475. The summed E-state index contributed by atoms with van der Waals surface area (Å²) in [5, 5.41) is 9.09. The van der Waals surface area contributed by atoms with Gasteiger partial charge in [-0.05, 0) is 19.8 Å². The lowest BCUT2D eigenvalue weighted by atomic mass is 10.1. The van der Waals surface area contributed by atoms with E-state index in [0.29, 0.717) is 22.9 Å². The van der Waals surface area contributed by atoms with Crippen LogP contribution in [0.15, 0.2) is 6.33 Å². The minimum Gasteiger partial charge on any atom is -0.356 e. The molecule has 1 fully saturated rings. The molecule has 1 aliphatic rings. The van der Waals surface area contributed by atoms with Gasteiger partial charge in [-0.3, -0.25) is 4.79 Å². The smallest absolute Gasteiger partial charge is 0.242 e. The first-order chi connectivity index (χ1) is 9.78. The van der Waals surface area contributed by atoms with Gasteiger partial charge in [0.25, 0.3) is 0 Å². The molecule has 2 aromatic rings. The maximum absolute atomic E-state index is 11.8. The third-order valence-corrected chi connectivity index (χ3v) is 3.22. The highest BCUT2D eigenvalue weighted by Gasteiger charge is 2.23. The lowest BCUT2D eigenvalue weighted by Gasteiger charge is -2.23. The fraction of sp³-hybridized carbons (Fsp3) is 0.500. The Kier molecular flexibility index (Phi) is 3.36. The summed E-state index contributed by atoms with van der Waals surface area (Å²) in [4.78, 5) is 27.7. The van der Waals surface area contributed by atoms with Gasteiger partial charge in [-0.2, -0.15) is 9.97 Å². The molecule has 1 amide bonds. The number of rotatable bonds is 4. The standard InChI is InChI=1S/C12H17N7O/c1-2-13-12-18-9-8(15-6-16-9)10(19-12)17-7-4-3-5-14-11(7)20/h6-7H,2-5H2,1H3,(H,14,20)(H3,13,15,16,17,18,19). The molecule has 3 heterocycles. The Morgan fingerprint density at radius 3 is 3.15 bits per heavy atom. The lowest BCUT2D eigenvalue weighted by molar-refractivity contribution is -0.123. The van der Waals surface area contributed by atoms with Crippen LogP contribution in [-0.4, -0.2) is 45.0 Å². The van der Waals surface area contributed by atoms with Crippen LogP contribution in [0.4, 0.5) is 11.8 Å². The van der Waals surface area contributed by atoms with Gasteiger partial charge in [0, 0.05) is 13.1 Å². The van der Waals surface area contributed by atoms with Crippen LogP contribution in [0.5, 0.6) is 0 Å². The van der Waals surface area contributed by atoms with Crippen molar-refractivity contribution in [2.45, 2.75) is 25.8 Å². The molecule has 0 bridgehead atoms. The summed E-state index contributed by atoms with van der Waals surface area (Å²) in [6.45, 7) is 3.43. The second-order valence-electron chi connectivity index (χ2n) is 4.66. The number of anilines is 2. The summed E-state index contributed by atoms with van der Waals surface area (Å²) in [5.74, 6) is 1.11. The maximum Gasteiger partial charge on any atom is 0.242 e. The summed E-state index contributed by atoms with van der Waals surface area (Å²) in [6.07, 6.45) is 3.32. The molecule has 0 spiro atoms. The highest BCUT2D eigenvalue weighted by atomic mass is 16.2. The second kappa shape index (κ2) is 5.32. The quantitative estimate of drug-likeness (QED) is 0.646. The summed E-state index contributed by atoms with van der Waals surface area (Å²) in [7, 11) is 0. The van der Waals surface area contributed by atoms with Gasteiger partial charge in [-0.25, -0.2) is 4.98 Å². The van der Waals surface area contributed by atoms with Gasteiger partial charge in [0.1, 0.15) is 11.6 Å². The molecule has 1 atom stereocenters. The minimum absolute atomic E-state index is 0.00697. The second-order valence-corrected chi connectivity index (χ2v) is 4.66. The summed E-state index contributed by atoms with van der Waals surface area (Å²) in [6, 6.07) is -0.264. The van der Waals surface area contributed by atoms with Crippen molar-refractivity contribution in [2.24, 2.45) is 0 Å². The average Bonchev–Trinajstić information content (AvgIpc) is 2.90. The number of amides is 1. The van der Waals surface area contributed by atoms with Crippen LogP contribution >= 0.6 is 0 Å². The number of imidazole rings is 1. The first-order valence-corrected chi connectivity index (χ1v) is 6.77. The van der Waals surface area contributed by atoms with Crippen molar-refractivity contribution >= 4 is 28.8 Å². The predicted molar refractivity (Wildman–Crippen MR) is 75.5 cm³/mol. The molecule has 0 radical (unpaired) electrons. The monoisotopic (exact) mass is 275 g/mol. The minimum atomic E-state index is -0.264. The molecule has 1 unspecified atom stereocenters. The Morgan fingerprint density at radius 2 is 2.35 bits per heavy atom. The molecule has 1 saturated heterocycles. The molecule has 8 nitrogen and oxygen atoms in total. The summed E-state index contributed by atoms with van der Waals surface area (Å²) >= 11 is 0. The number of nitrogens with one attached hydrogen (secondary N) is 4. The van der Waals surface area contributed by atoms with Crippen molar-refractivity contribution in [1.29, 1.82) is 0 Å². The third-order valence-electron chi connectivity index (χ3n) is 3.22. The van der Waals surface area contributed by atoms with Crippen LogP contribution in [0.3, 0.4) is 0 Å². The molecule has 106 valence electrons. The lowest BCUT2D eigenvalue weighted by Crippen LogP contribution is -2.44. The number of carbonyl (C=O) groups is 1. The van der Waals surface area contributed by atoms with Gasteiger partial charge in [0.15, 0.2) is 11.5 Å². The van der Waals surface area contributed by atoms with Gasteiger partial charge in [0.05, 0.1) is 6.33 Å². The molecule has 0 aromatic carbocycles. The maximum atomic E-state index is 11.8. The van der Waals surface area contributed by atoms with Gasteiger partial charge in [-0.1, -0.05) is 0 Å². The van der Waals surface area contributed by atoms with Crippen LogP contribution < -0.4 is 16.0 Å². The van der Waals surface area contributed by atoms with Crippen molar-refractivity contribution in [3.63, 3.8) is 0 Å². The Balaban J connectivity index is 1.92. The summed E-state index contributed by atoms with van der Waals surface area (Å²) in [5.41, 5.74) is 1.29. The van der Waals surface area contributed by atoms with Crippen molar-refractivity contribution in [3.8, 4) is 0 Å². The van der Waals surface area contributed by atoms with E-state index in [0.717, 1.165) is 25.9 Å². The van der Waals surface area contributed by atoms with Gasteiger partial charge in [-0.15, -0.1) is 0 Å². The molecule has 8 heteroatoms. The highest BCUT2D eigenvalue weighted by Crippen LogP contribution is 2.20. The Bertz CT molecular complexity index is 623. The molecule has 2 aromatic heterocycles. The van der Waals surface area contributed by atoms with E-state index in [2.05, 4.69) is 35.9 Å². The number of nitrogens with zero attached hydrogens (tertiary/aromatic N) is 3. The van der Waals surface area contributed by atoms with E-state index < -0.39 is 0 Å². The van der Waals surface area contributed by atoms with E-state index in [1.165, 1.54) is 0 Å². The molecule has 3 rings (SSSR count). The van der Waals surface area contributed by atoms with E-state index >= 15 is 0 Å². The van der Waals surface area contributed by atoms with Crippen LogP contribution in [-0.2, 0) is 4.79 Å². The van der Waals surface area contributed by atoms with Crippen LogP contribution in [0, 0.1) is 0 Å². The Hall–Kier alpha value is -2.38. The Morgan fingerprint density at radius 1 is 1.45 bits per heavy atom. The molecule has 4 N–H and O–H groups in total. The fourth-order valence-electron chi connectivity index (χ4n) is 2.25. The van der Waals surface area contributed by atoms with Gasteiger partial charge < -0.3 is 20.9 Å². The number of aromatic amines is 1. The normalized spacial score (nSPS) is 18.9. The summed E-state index contributed by atoms with van der Waals surface area (Å²) < 4.78 is 0. The number of carbonyl (C=O) groups excluding carboxylic acids is 1. The zero-order valence-corrected chi connectivity index (χ0v) is 11.2. The molecular weight excluding hydrogens is 258 g/mol. The number of hydrogen-bond acceptors (Lipinski definition) is 6. The fourth-order valence-corrected chi connectivity index (χ4v) is 2.25. The van der Waals surface area contributed by atoms with E-state index in [4.69, 9.17) is 0 Å². The first-order valence-electron chi connectivity index (χ1n) is 6.77. The van der Waals surface area contributed by atoms with E-state index in [1.807, 2.05) is 6.92 Å². The van der Waals surface area contributed by atoms with Crippen LogP contribution in [0.25, 0.3) is 11.2 Å². The molecular formula is C12H17N7O. The van der Waals surface area contributed by atoms with E-state index in [-0.39, 0.29) is 11.9 Å². The van der Waals surface area contributed by atoms with Gasteiger partial charge >= 0.3 is 0 Å². The third kappa shape index (κ3) is 2.36. The largest absolute Gasteiger partial charge is 0.356 e. The number of hydrogen-bond donors (Lipinski definition) is 4. The number of piperidine rings is 1. The van der Waals surface area contributed by atoms with E-state index in [1.54, 1.807) is 6.33 Å². The van der Waals surface area contributed by atoms with Crippen molar-refractivity contribution < 1.29 is 4.79 Å². The average molecular weight is 275 g/mol.